The van der Waals surface area contributed by atoms with Crippen LogP contribution in [0.25, 0.3) is 10.9 Å². The first-order chi connectivity index (χ1) is 23.0. The van der Waals surface area contributed by atoms with E-state index in [2.05, 4.69) is 10.6 Å². The summed E-state index contributed by atoms with van der Waals surface area (Å²) in [5.74, 6) is -1.43. The SMILES string of the molecule is CC(F)C1(C(C)F)OC(=O)c2cc3cc(NC(=O)[C@@H]4[C@H](C5CCCCC5)CCN4C(=O)C4CCC([C@@H](CF)NC(=O)O)CC4)ccc3n21. The molecule has 0 spiro atoms. The zero-order valence-electron chi connectivity index (χ0n) is 27.4. The standard InChI is InChI=1S/C35H45F3N4O6/c1-19(37)35(20(2)38)42-28-13-12-25(16-24(28)17-29(42)33(45)48-35)39-31(43)30-26(21-6-4-3-5-7-21)14-15-41(30)32(44)23-10-8-22(9-11-23)27(18-36)40-34(46)47/h12-13,16-17,19-23,26-27,30,40H,3-11,14-15,18H2,1-2H3,(H,39,43)(H,46,47)/t19?,20?,22?,23?,26-,27+,30-,35?/m0/s1. The van der Waals surface area contributed by atoms with Crippen LogP contribution >= 0.6 is 0 Å². The quantitative estimate of drug-likeness (QED) is 0.267. The molecule has 262 valence electrons. The normalized spacial score (nSPS) is 29.6. The fourth-order valence-electron chi connectivity index (χ4n) is 9.02. The minimum atomic E-state index is -2.13. The molecule has 48 heavy (non-hydrogen) atoms. The number of carbonyl (C=O) groups excluding carboxylic acids is 3. The van der Waals surface area contributed by atoms with E-state index in [1.165, 1.54) is 10.6 Å². The first-order valence-electron chi connectivity index (χ1n) is 17.3. The van der Waals surface area contributed by atoms with Gasteiger partial charge in [0.15, 0.2) is 12.3 Å². The van der Waals surface area contributed by atoms with Gasteiger partial charge in [-0.3, -0.25) is 14.2 Å². The Labute approximate surface area is 277 Å². The van der Waals surface area contributed by atoms with Crippen molar-refractivity contribution in [3.8, 4) is 0 Å². The molecular weight excluding hydrogens is 629 g/mol. The van der Waals surface area contributed by atoms with Gasteiger partial charge < -0.3 is 25.4 Å². The van der Waals surface area contributed by atoms with Crippen LogP contribution in [0.5, 0.6) is 0 Å². The van der Waals surface area contributed by atoms with Crippen LogP contribution in [0.4, 0.5) is 23.7 Å². The number of fused-ring (bicyclic) bond motifs is 3. The number of hydrogen-bond donors (Lipinski definition) is 3. The first kappa shape index (κ1) is 34.1. The second-order valence-corrected chi connectivity index (χ2v) is 14.2. The highest BCUT2D eigenvalue weighted by molar-refractivity contribution is 6.02. The molecule has 10 nitrogen and oxygen atoms in total. The Morgan fingerprint density at radius 3 is 2.31 bits per heavy atom. The summed E-state index contributed by atoms with van der Waals surface area (Å²) in [4.78, 5) is 53.7. The number of cyclic esters (lactones) is 1. The Bertz CT molecular complexity index is 1540. The van der Waals surface area contributed by atoms with Crippen LogP contribution in [0.15, 0.2) is 24.3 Å². The average molecular weight is 675 g/mol. The summed E-state index contributed by atoms with van der Waals surface area (Å²) in [6.45, 7) is 1.96. The topological polar surface area (TPSA) is 130 Å². The Morgan fingerprint density at radius 2 is 1.69 bits per heavy atom. The molecule has 2 aliphatic heterocycles. The summed E-state index contributed by atoms with van der Waals surface area (Å²) in [5, 5.41) is 14.9. The average Bonchev–Trinajstić information content (AvgIpc) is 3.76. The lowest BCUT2D eigenvalue weighted by Gasteiger charge is -2.37. The van der Waals surface area contributed by atoms with E-state index in [-0.39, 0.29) is 35.3 Å². The van der Waals surface area contributed by atoms with Crippen molar-refractivity contribution in [1.82, 2.24) is 14.8 Å². The van der Waals surface area contributed by atoms with Gasteiger partial charge in [0.25, 0.3) is 5.72 Å². The minimum Gasteiger partial charge on any atom is -0.465 e. The second-order valence-electron chi connectivity index (χ2n) is 14.2. The van der Waals surface area contributed by atoms with Crippen molar-refractivity contribution >= 4 is 40.5 Å². The number of ether oxygens (including phenoxy) is 1. The Kier molecular flexibility index (Phi) is 9.68. The lowest BCUT2D eigenvalue weighted by Crippen LogP contribution is -2.50. The summed E-state index contributed by atoms with van der Waals surface area (Å²) in [6, 6.07) is 4.91. The van der Waals surface area contributed by atoms with E-state index in [0.717, 1.165) is 46.0 Å². The summed E-state index contributed by atoms with van der Waals surface area (Å²) < 4.78 is 49.9. The Balaban J connectivity index is 1.22. The van der Waals surface area contributed by atoms with E-state index >= 15 is 0 Å². The molecule has 2 aliphatic carbocycles. The highest BCUT2D eigenvalue weighted by Gasteiger charge is 2.55. The third-order valence-corrected chi connectivity index (χ3v) is 11.4. The number of benzene rings is 1. The highest BCUT2D eigenvalue weighted by Crippen LogP contribution is 2.44. The van der Waals surface area contributed by atoms with E-state index in [4.69, 9.17) is 9.84 Å². The summed E-state index contributed by atoms with van der Waals surface area (Å²) in [7, 11) is 0. The number of esters is 1. The van der Waals surface area contributed by atoms with Crippen molar-refractivity contribution in [2.45, 2.75) is 108 Å². The van der Waals surface area contributed by atoms with Crippen molar-refractivity contribution in [2.75, 3.05) is 18.5 Å². The second kappa shape index (κ2) is 13.6. The lowest BCUT2D eigenvalue weighted by molar-refractivity contribution is -0.142. The predicted molar refractivity (Wildman–Crippen MR) is 172 cm³/mol. The smallest absolute Gasteiger partial charge is 0.404 e. The summed E-state index contributed by atoms with van der Waals surface area (Å²) in [5.41, 5.74) is -1.28. The number of carboxylic acid groups (broad SMARTS) is 1. The lowest BCUT2D eigenvalue weighted by atomic mass is 9.76. The van der Waals surface area contributed by atoms with Crippen molar-refractivity contribution < 1.29 is 42.2 Å². The number of halogens is 3. The van der Waals surface area contributed by atoms with E-state index < -0.39 is 48.9 Å². The highest BCUT2D eigenvalue weighted by atomic mass is 19.1. The molecular formula is C35H45F3N4O6. The molecule has 4 aliphatic rings. The first-order valence-corrected chi connectivity index (χ1v) is 17.3. The van der Waals surface area contributed by atoms with Crippen molar-refractivity contribution in [3.05, 3.63) is 30.0 Å². The molecule has 3 heterocycles. The molecule has 2 saturated carbocycles. The number of rotatable bonds is 9. The van der Waals surface area contributed by atoms with Gasteiger partial charge in [-0.1, -0.05) is 32.1 Å². The van der Waals surface area contributed by atoms with Gasteiger partial charge in [-0.25, -0.2) is 22.8 Å². The number of aromatic nitrogens is 1. The molecule has 0 radical (unpaired) electrons. The van der Waals surface area contributed by atoms with Crippen LogP contribution in [0.2, 0.25) is 0 Å². The summed E-state index contributed by atoms with van der Waals surface area (Å²) in [6.07, 6.45) is 3.14. The molecule has 1 aromatic heterocycles. The molecule has 2 unspecified atom stereocenters. The number of likely N-dealkylation sites (tertiary alicyclic amines) is 1. The zero-order valence-corrected chi connectivity index (χ0v) is 27.4. The third-order valence-electron chi connectivity index (χ3n) is 11.4. The Morgan fingerprint density at radius 1 is 1.00 bits per heavy atom. The molecule has 1 saturated heterocycles. The van der Waals surface area contributed by atoms with Gasteiger partial charge in [-0.2, -0.15) is 0 Å². The van der Waals surface area contributed by atoms with E-state index in [0.29, 0.717) is 61.2 Å². The number of amides is 3. The largest absolute Gasteiger partial charge is 0.465 e. The molecule has 13 heteroatoms. The molecule has 5 atom stereocenters. The van der Waals surface area contributed by atoms with Gasteiger partial charge in [0.1, 0.15) is 18.4 Å². The zero-order chi connectivity index (χ0) is 34.3. The van der Waals surface area contributed by atoms with Crippen molar-refractivity contribution in [3.63, 3.8) is 0 Å². The maximum absolute atomic E-state index is 14.9. The van der Waals surface area contributed by atoms with Crippen LogP contribution in [0, 0.1) is 23.7 Å². The number of anilines is 1. The monoisotopic (exact) mass is 674 g/mol. The fraction of sp³-hybridized carbons (Fsp3) is 0.657. The molecule has 1 aromatic carbocycles. The molecule has 3 fully saturated rings. The van der Waals surface area contributed by atoms with E-state index in [1.54, 1.807) is 23.1 Å². The van der Waals surface area contributed by atoms with Gasteiger partial charge in [-0.15, -0.1) is 0 Å². The van der Waals surface area contributed by atoms with Crippen LogP contribution in [0.1, 0.15) is 88.5 Å². The summed E-state index contributed by atoms with van der Waals surface area (Å²) >= 11 is 0. The van der Waals surface area contributed by atoms with Crippen LogP contribution in [-0.4, -0.2) is 76.1 Å². The van der Waals surface area contributed by atoms with Crippen LogP contribution in [0.3, 0.4) is 0 Å². The molecule has 2 aromatic rings. The van der Waals surface area contributed by atoms with Gasteiger partial charge >= 0.3 is 12.1 Å². The molecule has 0 bridgehead atoms. The molecule has 3 amide bonds. The van der Waals surface area contributed by atoms with Crippen LogP contribution in [-0.2, 0) is 20.1 Å². The maximum Gasteiger partial charge on any atom is 0.404 e. The maximum atomic E-state index is 14.9. The van der Waals surface area contributed by atoms with Gasteiger partial charge in [0.2, 0.25) is 11.8 Å². The van der Waals surface area contributed by atoms with Crippen molar-refractivity contribution in [1.29, 1.82) is 0 Å². The number of nitrogens with zero attached hydrogens (tertiary/aromatic N) is 2. The molecule has 3 N–H and O–H groups in total. The predicted octanol–water partition coefficient (Wildman–Crippen LogP) is 6.33. The molecule has 6 rings (SSSR count). The van der Waals surface area contributed by atoms with Crippen molar-refractivity contribution in [2.24, 2.45) is 23.7 Å². The van der Waals surface area contributed by atoms with Crippen LogP contribution < -0.4 is 10.6 Å². The number of hydrogen-bond acceptors (Lipinski definition) is 5. The fourth-order valence-corrected chi connectivity index (χ4v) is 9.02. The van der Waals surface area contributed by atoms with E-state index in [1.807, 2.05) is 0 Å². The number of alkyl halides is 3. The number of carbonyl (C=O) groups is 4. The van der Waals surface area contributed by atoms with Gasteiger partial charge in [-0.05, 0) is 88.0 Å². The minimum absolute atomic E-state index is 0.00393. The van der Waals surface area contributed by atoms with Gasteiger partial charge in [0.05, 0.1) is 11.6 Å². The third kappa shape index (κ3) is 6.02. The van der Waals surface area contributed by atoms with E-state index in [9.17, 15) is 32.3 Å². The Hall–Kier alpha value is -3.77. The number of nitrogens with one attached hydrogen (secondary N) is 2. The van der Waals surface area contributed by atoms with Gasteiger partial charge in [0, 0.05) is 23.5 Å².